The van der Waals surface area contributed by atoms with Gasteiger partial charge in [-0.1, -0.05) is 0 Å². The Hall–Kier alpha value is -2.44. The molecule has 0 aromatic heterocycles. The third-order valence-electron chi connectivity index (χ3n) is 3.26. The fraction of sp³-hybridized carbons (Fsp3) is 0.167. The molecule has 2 aromatic carbocycles. The summed E-state index contributed by atoms with van der Waals surface area (Å²) in [4.78, 5) is 11.2. The molecule has 0 atom stereocenters. The van der Waals surface area contributed by atoms with Crippen molar-refractivity contribution in [2.24, 2.45) is 8.08 Å². The number of nitrogens with zero attached hydrogens (tertiary/aromatic N) is 2. The second-order valence-electron chi connectivity index (χ2n) is 5.11. The molecule has 1 aliphatic rings. The van der Waals surface area contributed by atoms with Crippen LogP contribution >= 0.6 is 0 Å². The van der Waals surface area contributed by atoms with Crippen molar-refractivity contribution in [2.45, 2.75) is 17.6 Å². The summed E-state index contributed by atoms with van der Waals surface area (Å²) < 4.78 is 14.5. The van der Waals surface area contributed by atoms with E-state index >= 15 is 0 Å². The van der Waals surface area contributed by atoms with E-state index in [1.54, 1.807) is 30.6 Å². The molecule has 0 aliphatic carbocycles. The van der Waals surface area contributed by atoms with Crippen LogP contribution in [0.3, 0.4) is 0 Å². The summed E-state index contributed by atoms with van der Waals surface area (Å²) in [5.74, 6) is 0.354. The quantitative estimate of drug-likeness (QED) is 0.496. The Morgan fingerprint density at radius 2 is 1.62 bits per heavy atom. The molecule has 0 saturated carbocycles. The third kappa shape index (κ3) is 4.09. The van der Waals surface area contributed by atoms with Crippen LogP contribution in [0.4, 0.5) is 0 Å². The van der Waals surface area contributed by atoms with Crippen LogP contribution in [0.2, 0.25) is 10.7 Å². The Balaban J connectivity index is 1.77. The number of rotatable bonds is 5. The average Bonchev–Trinajstić information content (AvgIpc) is 3.33. The fourth-order valence-corrected chi connectivity index (χ4v) is 4.12. The molecular weight excluding hydrogens is 351 g/mol. The van der Waals surface area contributed by atoms with E-state index in [1.807, 2.05) is 30.3 Å². The zero-order valence-corrected chi connectivity index (χ0v) is 14.2. The average molecular weight is 369 g/mol. The van der Waals surface area contributed by atoms with E-state index in [0.29, 0.717) is 11.3 Å². The first-order valence-electron chi connectivity index (χ1n) is 7.35. The molecule has 1 saturated heterocycles. The van der Waals surface area contributed by atoms with Crippen molar-refractivity contribution in [1.29, 1.82) is 0 Å². The number of para-hydroxylation sites is 2. The molecule has 1 aliphatic heterocycles. The summed E-state index contributed by atoms with van der Waals surface area (Å²) in [5.41, 5.74) is 1.45. The molecule has 5 nitrogen and oxygen atoms in total. The van der Waals surface area contributed by atoms with E-state index < -0.39 is 13.0 Å². The monoisotopic (exact) mass is 369 g/mol. The maximum absolute atomic E-state index is 11.2. The summed E-state index contributed by atoms with van der Waals surface area (Å²) in [7, 11) is 0. The first kappa shape index (κ1) is 16.4. The minimum atomic E-state index is -1.69. The topological polar surface area (TPSA) is 71.2 Å². The van der Waals surface area contributed by atoms with E-state index in [0.717, 1.165) is 16.3 Å². The number of aromatic hydroxyl groups is 1. The number of hydrogen-bond acceptors (Lipinski definition) is 5. The number of esters is 1. The van der Waals surface area contributed by atoms with Crippen molar-refractivity contribution in [3.63, 3.8) is 0 Å². The molecule has 0 bridgehead atoms. The first-order chi connectivity index (χ1) is 11.6. The van der Waals surface area contributed by atoms with Gasteiger partial charge in [-0.25, -0.2) is 0 Å². The van der Waals surface area contributed by atoms with Crippen molar-refractivity contribution >= 4 is 18.4 Å². The zero-order valence-electron chi connectivity index (χ0n) is 13.2. The van der Waals surface area contributed by atoms with Crippen molar-refractivity contribution in [3.8, 4) is 11.5 Å². The van der Waals surface area contributed by atoms with Gasteiger partial charge in [0.2, 0.25) is 0 Å². The summed E-state index contributed by atoms with van der Waals surface area (Å²) >= 11 is -1.69. The number of benzene rings is 2. The van der Waals surface area contributed by atoms with Crippen molar-refractivity contribution in [3.05, 3.63) is 59.7 Å². The van der Waals surface area contributed by atoms with E-state index in [4.69, 9.17) is 4.74 Å². The normalized spacial score (nSPS) is 17.0. The van der Waals surface area contributed by atoms with Crippen LogP contribution in [0.5, 0.6) is 11.5 Å². The third-order valence-corrected chi connectivity index (χ3v) is 5.98. The van der Waals surface area contributed by atoms with E-state index in [-0.39, 0.29) is 11.7 Å². The van der Waals surface area contributed by atoms with Gasteiger partial charge in [-0.3, -0.25) is 0 Å². The predicted octanol–water partition coefficient (Wildman–Crippen LogP) is 3.69. The SMILES string of the molecule is CC(=O)Oc1ccccc1C=[N][Co]1([N]=Cc2ccccc2O)[CH2][CH2]1. The maximum atomic E-state index is 11.2. The van der Waals surface area contributed by atoms with Crippen LogP contribution in [-0.4, -0.2) is 23.5 Å². The molecule has 127 valence electrons. The molecule has 0 amide bonds. The van der Waals surface area contributed by atoms with Crippen LogP contribution in [0.1, 0.15) is 18.1 Å². The van der Waals surface area contributed by atoms with Gasteiger partial charge in [0.1, 0.15) is 0 Å². The Morgan fingerprint density at radius 1 is 1.04 bits per heavy atom. The number of phenolic OH excluding ortho intramolecular Hbond substituents is 1. The Labute approximate surface area is 143 Å². The van der Waals surface area contributed by atoms with Gasteiger partial charge in [-0.15, -0.1) is 0 Å². The molecule has 1 N–H and O–H groups in total. The van der Waals surface area contributed by atoms with Crippen molar-refractivity contribution in [2.75, 3.05) is 0 Å². The van der Waals surface area contributed by atoms with Gasteiger partial charge in [0.25, 0.3) is 0 Å². The van der Waals surface area contributed by atoms with Gasteiger partial charge in [-0.05, 0) is 0 Å². The van der Waals surface area contributed by atoms with Crippen molar-refractivity contribution in [1.82, 2.24) is 0 Å². The molecule has 24 heavy (non-hydrogen) atoms. The summed E-state index contributed by atoms with van der Waals surface area (Å²) in [5, 5.41) is 11.7. The Bertz CT molecular complexity index is 813. The summed E-state index contributed by atoms with van der Waals surface area (Å²) in [6.07, 6.45) is 3.44. The number of phenols is 1. The summed E-state index contributed by atoms with van der Waals surface area (Å²) in [6.45, 7) is 1.37. The molecule has 1 fully saturated rings. The molecule has 0 spiro atoms. The molecule has 1 heterocycles. The van der Waals surface area contributed by atoms with Crippen LogP contribution in [0, 0.1) is 0 Å². The zero-order chi connectivity index (χ0) is 17.0. The summed E-state index contributed by atoms with van der Waals surface area (Å²) in [6, 6.07) is 14.4. The van der Waals surface area contributed by atoms with Gasteiger partial charge < -0.3 is 0 Å². The molecule has 0 unspecified atom stereocenters. The molecule has 0 radical (unpaired) electrons. The second kappa shape index (κ2) is 6.98. The second-order valence-corrected chi connectivity index (χ2v) is 8.73. The number of hydrogen-bond donors (Lipinski definition) is 1. The van der Waals surface area contributed by atoms with E-state index in [9.17, 15) is 9.90 Å². The molecule has 6 heteroatoms. The molecule has 2 aromatic rings. The molecular formula is C18H18CoN2O3. The van der Waals surface area contributed by atoms with E-state index in [2.05, 4.69) is 8.08 Å². The fourth-order valence-electron chi connectivity index (χ4n) is 1.93. The van der Waals surface area contributed by atoms with Crippen LogP contribution < -0.4 is 4.74 Å². The van der Waals surface area contributed by atoms with E-state index in [1.165, 1.54) is 6.92 Å². The van der Waals surface area contributed by atoms with Gasteiger partial charge in [0.05, 0.1) is 0 Å². The Morgan fingerprint density at radius 3 is 2.25 bits per heavy atom. The van der Waals surface area contributed by atoms with Crippen molar-refractivity contribution < 1.29 is 27.7 Å². The minimum absolute atomic E-state index is 0.213. The first-order valence-corrected chi connectivity index (χ1v) is 9.76. The van der Waals surface area contributed by atoms with Crippen LogP contribution in [-0.2, 0) is 17.8 Å². The number of ether oxygens (including phenoxy) is 1. The van der Waals surface area contributed by atoms with Gasteiger partial charge in [0.15, 0.2) is 0 Å². The Kier molecular flexibility index (Phi) is 4.78. The van der Waals surface area contributed by atoms with Gasteiger partial charge >= 0.3 is 143 Å². The number of carbonyl (C=O) groups excluding carboxylic acids is 1. The van der Waals surface area contributed by atoms with Crippen LogP contribution in [0.15, 0.2) is 56.6 Å². The predicted molar refractivity (Wildman–Crippen MR) is 90.7 cm³/mol. The molecule has 3 rings (SSSR count). The van der Waals surface area contributed by atoms with Gasteiger partial charge in [0, 0.05) is 0 Å². The standard InChI is InChI=1S/C9H8NO2.C7H6NO.C2H4.Co/c1-7(11)12-9-5-3-2-4-8(9)6-10;8-5-6-3-1-2-4-7(6)9;1-2;/h2-6H,1H3;1-5,9H;1-2H2;/q2*-1;;+2. The number of carbonyl (C=O) groups is 1. The van der Waals surface area contributed by atoms with Gasteiger partial charge in [-0.2, -0.15) is 0 Å². The van der Waals surface area contributed by atoms with Crippen LogP contribution in [0.25, 0.3) is 0 Å².